The minimum atomic E-state index is -0.300. The summed E-state index contributed by atoms with van der Waals surface area (Å²) in [5.74, 6) is 0.0472. The lowest BCUT2D eigenvalue weighted by atomic mass is 10.1. The Bertz CT molecular complexity index is 962. The van der Waals surface area contributed by atoms with Gasteiger partial charge < -0.3 is 15.4 Å². The number of hydrogen-bond donors (Lipinski definition) is 2. The molecule has 0 aliphatic heterocycles. The van der Waals surface area contributed by atoms with Crippen molar-refractivity contribution >= 4 is 46.1 Å². The second-order valence-electron chi connectivity index (χ2n) is 6.24. The summed E-state index contributed by atoms with van der Waals surface area (Å²) in [7, 11) is 0. The van der Waals surface area contributed by atoms with Gasteiger partial charge in [0.15, 0.2) is 6.61 Å². The van der Waals surface area contributed by atoms with Crippen molar-refractivity contribution in [3.05, 3.63) is 74.9 Å². The fraction of sp³-hybridized carbons (Fsp3) is 0.143. The SMILES string of the molecule is Cc1cc(C)c(OCC(=O)Nc2ccc(NC(=O)c3cccs3)cc2)c(Cl)c1. The van der Waals surface area contributed by atoms with Gasteiger partial charge in [-0.3, -0.25) is 9.59 Å². The number of amides is 2. The number of anilines is 2. The Morgan fingerprint density at radius 1 is 1.04 bits per heavy atom. The zero-order valence-corrected chi connectivity index (χ0v) is 17.0. The van der Waals surface area contributed by atoms with Crippen LogP contribution in [0.2, 0.25) is 5.02 Å². The molecule has 2 amide bonds. The maximum absolute atomic E-state index is 12.1. The lowest BCUT2D eigenvalue weighted by Gasteiger charge is -2.12. The van der Waals surface area contributed by atoms with E-state index in [9.17, 15) is 9.59 Å². The van der Waals surface area contributed by atoms with Crippen LogP contribution in [0.15, 0.2) is 53.9 Å². The van der Waals surface area contributed by atoms with Crippen molar-refractivity contribution in [1.82, 2.24) is 0 Å². The molecule has 0 spiro atoms. The average molecular weight is 415 g/mol. The Morgan fingerprint density at radius 2 is 1.71 bits per heavy atom. The number of aryl methyl sites for hydroxylation is 2. The van der Waals surface area contributed by atoms with Crippen molar-refractivity contribution in [2.75, 3.05) is 17.2 Å². The molecule has 144 valence electrons. The van der Waals surface area contributed by atoms with Crippen LogP contribution in [0.4, 0.5) is 11.4 Å². The molecule has 2 aromatic carbocycles. The minimum absolute atomic E-state index is 0.152. The van der Waals surface area contributed by atoms with Crippen LogP contribution in [0, 0.1) is 13.8 Å². The van der Waals surface area contributed by atoms with Crippen LogP contribution in [0.1, 0.15) is 20.8 Å². The molecule has 0 radical (unpaired) electrons. The molecule has 0 aliphatic carbocycles. The van der Waals surface area contributed by atoms with Crippen molar-refractivity contribution in [2.24, 2.45) is 0 Å². The zero-order valence-electron chi connectivity index (χ0n) is 15.4. The maximum Gasteiger partial charge on any atom is 0.265 e. The molecule has 7 heteroatoms. The Hall–Kier alpha value is -2.83. The Morgan fingerprint density at radius 3 is 2.32 bits per heavy atom. The summed E-state index contributed by atoms with van der Waals surface area (Å²) < 4.78 is 5.57. The number of rotatable bonds is 6. The summed E-state index contributed by atoms with van der Waals surface area (Å²) in [5, 5.41) is 7.89. The van der Waals surface area contributed by atoms with E-state index < -0.39 is 0 Å². The number of ether oxygens (including phenoxy) is 1. The van der Waals surface area contributed by atoms with Gasteiger partial charge >= 0.3 is 0 Å². The van der Waals surface area contributed by atoms with Crippen LogP contribution in [-0.4, -0.2) is 18.4 Å². The normalized spacial score (nSPS) is 10.4. The standard InChI is InChI=1S/C21H19ClN2O3S/c1-13-10-14(2)20(17(22)11-13)27-12-19(25)23-15-5-7-16(8-6-15)24-21(26)18-4-3-9-28-18/h3-11H,12H2,1-2H3,(H,23,25)(H,24,26). The number of halogens is 1. The van der Waals surface area contributed by atoms with Crippen molar-refractivity contribution in [3.8, 4) is 5.75 Å². The van der Waals surface area contributed by atoms with Crippen LogP contribution in [0.3, 0.4) is 0 Å². The molecule has 3 aromatic rings. The first-order chi connectivity index (χ1) is 13.4. The molecule has 1 aromatic heterocycles. The molecule has 0 aliphatic rings. The highest BCUT2D eigenvalue weighted by molar-refractivity contribution is 7.12. The first kappa shape index (κ1) is 19.9. The minimum Gasteiger partial charge on any atom is -0.482 e. The molecule has 1 heterocycles. The van der Waals surface area contributed by atoms with E-state index in [0.717, 1.165) is 11.1 Å². The van der Waals surface area contributed by atoms with Gasteiger partial charge in [-0.25, -0.2) is 0 Å². The quantitative estimate of drug-likeness (QED) is 0.576. The predicted octanol–water partition coefficient (Wildman–Crippen LogP) is 5.29. The second-order valence-corrected chi connectivity index (χ2v) is 7.59. The molecular formula is C21H19ClN2O3S. The van der Waals surface area contributed by atoms with Gasteiger partial charge in [0.25, 0.3) is 11.8 Å². The lowest BCUT2D eigenvalue weighted by Crippen LogP contribution is -2.20. The highest BCUT2D eigenvalue weighted by Gasteiger charge is 2.10. The summed E-state index contributed by atoms with van der Waals surface area (Å²) in [5.41, 5.74) is 3.17. The first-order valence-electron chi connectivity index (χ1n) is 8.56. The number of nitrogens with one attached hydrogen (secondary N) is 2. The molecular weight excluding hydrogens is 396 g/mol. The van der Waals surface area contributed by atoms with Gasteiger partial charge in [0.2, 0.25) is 0 Å². The summed E-state index contributed by atoms with van der Waals surface area (Å²) in [6.07, 6.45) is 0. The third-order valence-electron chi connectivity index (χ3n) is 3.89. The molecule has 3 rings (SSSR count). The topological polar surface area (TPSA) is 67.4 Å². The fourth-order valence-electron chi connectivity index (χ4n) is 2.66. The first-order valence-corrected chi connectivity index (χ1v) is 9.82. The van der Waals surface area contributed by atoms with Gasteiger partial charge in [-0.05, 0) is 66.8 Å². The van der Waals surface area contributed by atoms with Gasteiger partial charge in [-0.15, -0.1) is 11.3 Å². The number of hydrogen-bond acceptors (Lipinski definition) is 4. The summed E-state index contributed by atoms with van der Waals surface area (Å²) >= 11 is 7.56. The smallest absolute Gasteiger partial charge is 0.265 e. The largest absolute Gasteiger partial charge is 0.482 e. The van der Waals surface area contributed by atoms with E-state index in [1.165, 1.54) is 11.3 Å². The third-order valence-corrected chi connectivity index (χ3v) is 5.04. The molecule has 2 N–H and O–H groups in total. The highest BCUT2D eigenvalue weighted by Crippen LogP contribution is 2.29. The highest BCUT2D eigenvalue weighted by atomic mass is 35.5. The van der Waals surface area contributed by atoms with Crippen molar-refractivity contribution in [2.45, 2.75) is 13.8 Å². The summed E-state index contributed by atoms with van der Waals surface area (Å²) in [6, 6.07) is 14.2. The zero-order chi connectivity index (χ0) is 20.1. The Kier molecular flexibility index (Phi) is 6.34. The van der Waals surface area contributed by atoms with Crippen molar-refractivity contribution in [1.29, 1.82) is 0 Å². The molecule has 5 nitrogen and oxygen atoms in total. The van der Waals surface area contributed by atoms with Crippen LogP contribution >= 0.6 is 22.9 Å². The van der Waals surface area contributed by atoms with Gasteiger partial charge in [0, 0.05) is 11.4 Å². The maximum atomic E-state index is 12.1. The molecule has 28 heavy (non-hydrogen) atoms. The van der Waals surface area contributed by atoms with E-state index in [2.05, 4.69) is 10.6 Å². The van der Waals surface area contributed by atoms with Crippen molar-refractivity contribution in [3.63, 3.8) is 0 Å². The molecule has 0 unspecified atom stereocenters. The monoisotopic (exact) mass is 414 g/mol. The van der Waals surface area contributed by atoms with Crippen LogP contribution in [-0.2, 0) is 4.79 Å². The molecule has 0 saturated carbocycles. The summed E-state index contributed by atoms with van der Waals surface area (Å²) in [4.78, 5) is 24.8. The molecule has 0 atom stereocenters. The van der Waals surface area contributed by atoms with Crippen molar-refractivity contribution < 1.29 is 14.3 Å². The van der Waals surface area contributed by atoms with E-state index in [0.29, 0.717) is 27.0 Å². The van der Waals surface area contributed by atoms with E-state index in [4.69, 9.17) is 16.3 Å². The number of thiophene rings is 1. The lowest BCUT2D eigenvalue weighted by molar-refractivity contribution is -0.118. The molecule has 0 saturated heterocycles. The van der Waals surface area contributed by atoms with Gasteiger partial charge in [0.1, 0.15) is 5.75 Å². The fourth-order valence-corrected chi connectivity index (χ4v) is 3.65. The van der Waals surface area contributed by atoms with E-state index >= 15 is 0 Å². The van der Waals surface area contributed by atoms with Gasteiger partial charge in [-0.2, -0.15) is 0 Å². The van der Waals surface area contributed by atoms with E-state index in [1.807, 2.05) is 31.4 Å². The van der Waals surface area contributed by atoms with E-state index in [1.54, 1.807) is 36.4 Å². The second kappa shape index (κ2) is 8.91. The van der Waals surface area contributed by atoms with Gasteiger partial charge in [-0.1, -0.05) is 23.7 Å². The van der Waals surface area contributed by atoms with Gasteiger partial charge in [0.05, 0.1) is 9.90 Å². The average Bonchev–Trinajstić information content (AvgIpc) is 3.17. The number of benzene rings is 2. The third kappa shape index (κ3) is 5.12. The van der Waals surface area contributed by atoms with E-state index in [-0.39, 0.29) is 18.4 Å². The predicted molar refractivity (Wildman–Crippen MR) is 114 cm³/mol. The number of carbonyl (C=O) groups excluding carboxylic acids is 2. The van der Waals surface area contributed by atoms with Crippen LogP contribution < -0.4 is 15.4 Å². The van der Waals surface area contributed by atoms with Crippen LogP contribution in [0.5, 0.6) is 5.75 Å². The molecule has 0 bridgehead atoms. The van der Waals surface area contributed by atoms with Crippen LogP contribution in [0.25, 0.3) is 0 Å². The Balaban J connectivity index is 1.54. The Labute approximate surface area is 172 Å². The number of carbonyl (C=O) groups is 2. The summed E-state index contributed by atoms with van der Waals surface area (Å²) in [6.45, 7) is 3.68. The molecule has 0 fully saturated rings.